The van der Waals surface area contributed by atoms with Crippen molar-refractivity contribution in [3.63, 3.8) is 0 Å². The van der Waals surface area contributed by atoms with E-state index in [9.17, 15) is 28.8 Å². The summed E-state index contributed by atoms with van der Waals surface area (Å²) < 4.78 is 17.0. The number of aryl methyl sites for hydroxylation is 3. The van der Waals surface area contributed by atoms with Crippen molar-refractivity contribution in [2.75, 3.05) is 0 Å². The maximum absolute atomic E-state index is 13.1. The van der Waals surface area contributed by atoms with Gasteiger partial charge in [-0.25, -0.2) is 43.7 Å². The Labute approximate surface area is 450 Å². The maximum atomic E-state index is 13.1. The Morgan fingerprint density at radius 1 is 0.395 bits per heavy atom. The highest BCUT2D eigenvalue weighted by atomic mass is 28.3. The largest absolute Gasteiger partial charge is 0.550 e. The molecule has 0 N–H and O–H groups in total. The van der Waals surface area contributed by atoms with Crippen molar-refractivity contribution in [1.29, 1.82) is 0 Å². The average molecular weight is 1090 g/mol. The predicted molar refractivity (Wildman–Crippen MR) is 291 cm³/mol. The van der Waals surface area contributed by atoms with Crippen LogP contribution in [-0.2, 0) is 43.5 Å². The summed E-state index contributed by atoms with van der Waals surface area (Å²) in [4.78, 5) is 107. The minimum absolute atomic E-state index is 0.236. The molecule has 0 aromatic heterocycles. The topological polar surface area (TPSA) is 185 Å². The monoisotopic (exact) mass is 1090 g/mol. The zero-order chi connectivity index (χ0) is 54.9. The van der Waals surface area contributed by atoms with E-state index >= 15 is 0 Å². The van der Waals surface area contributed by atoms with E-state index in [1.54, 1.807) is 70.6 Å². The van der Waals surface area contributed by atoms with E-state index in [4.69, 9.17) is 43.5 Å². The molecule has 3 aliphatic carbocycles. The second-order valence-electron chi connectivity index (χ2n) is 19.4. The molecule has 0 spiro atoms. The van der Waals surface area contributed by atoms with Crippen molar-refractivity contribution in [3.05, 3.63) is 162 Å². The molecule has 0 unspecified atom stereocenters. The Morgan fingerprint density at radius 3 is 0.855 bits per heavy atom. The molecule has 3 saturated carbocycles. The minimum Gasteiger partial charge on any atom is -0.428 e. The summed E-state index contributed by atoms with van der Waals surface area (Å²) in [6.07, 6.45) is 3.16. The third-order valence-electron chi connectivity index (χ3n) is 14.6. The van der Waals surface area contributed by atoms with Gasteiger partial charge in [-0.3, -0.25) is 0 Å². The molecule has 18 heteroatoms. The highest BCUT2D eigenvalue weighted by molar-refractivity contribution is 6.83. The van der Waals surface area contributed by atoms with E-state index in [1.807, 2.05) is 39.0 Å². The number of ether oxygens (including phenoxy) is 3. The highest BCUT2D eigenvalue weighted by Crippen LogP contribution is 2.48. The zero-order valence-electron chi connectivity index (χ0n) is 43.6. The van der Waals surface area contributed by atoms with Crippen LogP contribution >= 0.6 is 0 Å². The quantitative estimate of drug-likeness (QED) is 0.0385. The van der Waals surface area contributed by atoms with Crippen LogP contribution in [0.4, 0.5) is 14.4 Å². The Morgan fingerprint density at radius 2 is 0.632 bits per heavy atom. The summed E-state index contributed by atoms with van der Waals surface area (Å²) in [7, 11) is -4.41. The van der Waals surface area contributed by atoms with Crippen molar-refractivity contribution in [1.82, 2.24) is 0 Å². The van der Waals surface area contributed by atoms with Gasteiger partial charge in [0.2, 0.25) is 0 Å². The first-order valence-corrected chi connectivity index (χ1v) is 30.5. The van der Waals surface area contributed by atoms with Gasteiger partial charge in [-0.1, -0.05) is 87.3 Å². The maximum Gasteiger partial charge on any atom is 0.550 e. The van der Waals surface area contributed by atoms with Crippen LogP contribution in [0.25, 0.3) is 0 Å². The fraction of sp³-hybridized carbons (Fsp3) is 0.379. The molecule has 3 aromatic rings. The standard InChI is InChI=1S/C58H67O15Si3/c1-10-74(11-2)49-34-37(7)16-31-46(49)53(59)68-71-56(62)65-43-25-19-40(20-26-43)52(41-21-27-44(28-22-41)66-57(63)72-69-54(60)47-32-17-38(8)35-50(47)75(12-3)13-4)42-23-29-45(30-24-42)67-58(64)73-70-55(61)48-33-18-39(9)36-51(48)76(14-5)15-6/h10-18,31-36,40-45,52H,1-6,19-30H2,7-9H3. The number of carbonyl (C=O) groups excluding carboxylic acids is 6. The van der Waals surface area contributed by atoms with E-state index < -0.39 is 81.1 Å². The average Bonchev–Trinajstić information content (AvgIpc) is 3.41. The summed E-state index contributed by atoms with van der Waals surface area (Å²) in [5.74, 6) is -1.49. The van der Waals surface area contributed by atoms with Gasteiger partial charge in [0.05, 0.1) is 16.7 Å². The van der Waals surface area contributed by atoms with Crippen molar-refractivity contribution in [3.8, 4) is 0 Å². The first-order valence-electron chi connectivity index (χ1n) is 25.6. The molecule has 3 aliphatic rings. The number of hydrogen-bond acceptors (Lipinski definition) is 15. The lowest BCUT2D eigenvalue weighted by molar-refractivity contribution is -0.209. The number of hydrogen-bond donors (Lipinski definition) is 0. The van der Waals surface area contributed by atoms with E-state index in [-0.39, 0.29) is 40.4 Å². The molecule has 3 radical (unpaired) electrons. The van der Waals surface area contributed by atoms with Crippen LogP contribution in [0.1, 0.15) is 125 Å². The van der Waals surface area contributed by atoms with Crippen molar-refractivity contribution in [2.24, 2.45) is 23.7 Å². The Hall–Kier alpha value is -7.03. The summed E-state index contributed by atoms with van der Waals surface area (Å²) in [6, 6.07) is 15.8. The molecule has 76 heavy (non-hydrogen) atoms. The molecule has 15 nitrogen and oxygen atoms in total. The number of carbonyl (C=O) groups is 6. The molecular formula is C58H67O15Si3. The molecule has 3 aromatic carbocycles. The molecular weight excluding hydrogens is 1020 g/mol. The van der Waals surface area contributed by atoms with Crippen molar-refractivity contribution >= 4 is 78.3 Å². The van der Waals surface area contributed by atoms with Crippen LogP contribution in [-0.4, -0.2) is 81.1 Å². The fourth-order valence-corrected chi connectivity index (χ4v) is 15.4. The molecule has 0 bridgehead atoms. The Bertz CT molecular complexity index is 2330. The van der Waals surface area contributed by atoms with E-state index in [1.165, 1.54) is 0 Å². The van der Waals surface area contributed by atoms with Gasteiger partial charge in [0.15, 0.2) is 0 Å². The van der Waals surface area contributed by atoms with Gasteiger partial charge in [0, 0.05) is 0 Å². The second-order valence-corrected chi connectivity index (χ2v) is 26.2. The molecule has 6 rings (SSSR count). The SMILES string of the molecule is C=C[Si](C=C)c1cc(C)ccc1C(=O)OOC(=O)OC1CCC(C(C2CCC(OC(=O)OOC(=O)c3ccc(C)cc3[Si](C=C)C=C)CC2)C2CCC(OC(=O)OOC(=O)c3ccc(C)cc3[Si](C=C)C=C)CC2)CC1. The van der Waals surface area contributed by atoms with E-state index in [0.29, 0.717) is 54.1 Å². The van der Waals surface area contributed by atoms with Crippen LogP contribution in [0.5, 0.6) is 0 Å². The van der Waals surface area contributed by atoms with Gasteiger partial charge in [0.1, 0.15) is 44.7 Å². The van der Waals surface area contributed by atoms with Crippen LogP contribution in [0, 0.1) is 44.4 Å². The van der Waals surface area contributed by atoms with Gasteiger partial charge < -0.3 is 14.2 Å². The first-order chi connectivity index (χ1) is 36.6. The molecule has 0 aliphatic heterocycles. The van der Waals surface area contributed by atoms with Gasteiger partial charge in [-0.15, -0.1) is 39.5 Å². The molecule has 3 fully saturated rings. The van der Waals surface area contributed by atoms with Gasteiger partial charge in [-0.05, 0) is 155 Å². The fourth-order valence-electron chi connectivity index (χ4n) is 10.9. The molecule has 0 heterocycles. The summed E-state index contributed by atoms with van der Waals surface area (Å²) in [6.45, 7) is 29.0. The lowest BCUT2D eigenvalue weighted by Gasteiger charge is -2.45. The summed E-state index contributed by atoms with van der Waals surface area (Å²) >= 11 is 0. The van der Waals surface area contributed by atoms with E-state index in [2.05, 4.69) is 39.5 Å². The van der Waals surface area contributed by atoms with Crippen LogP contribution in [0.15, 0.2) is 128 Å². The van der Waals surface area contributed by atoms with Crippen molar-refractivity contribution in [2.45, 2.75) is 116 Å². The number of benzene rings is 3. The highest BCUT2D eigenvalue weighted by Gasteiger charge is 2.42. The molecule has 401 valence electrons. The van der Waals surface area contributed by atoms with Gasteiger partial charge >= 0.3 is 36.4 Å². The Kier molecular flexibility index (Phi) is 21.6. The van der Waals surface area contributed by atoms with Crippen LogP contribution < -0.4 is 15.6 Å². The van der Waals surface area contributed by atoms with Crippen LogP contribution in [0.3, 0.4) is 0 Å². The normalized spacial score (nSPS) is 20.6. The predicted octanol–water partition coefficient (Wildman–Crippen LogP) is 10.4. The van der Waals surface area contributed by atoms with E-state index in [0.717, 1.165) is 55.2 Å². The van der Waals surface area contributed by atoms with Crippen molar-refractivity contribution < 1.29 is 72.3 Å². The Balaban J connectivity index is 1.04. The lowest BCUT2D eigenvalue weighted by Crippen LogP contribution is -2.40. The second kappa shape index (κ2) is 28.2. The zero-order valence-corrected chi connectivity index (χ0v) is 46.6. The van der Waals surface area contributed by atoms with Gasteiger partial charge in [0.25, 0.3) is 0 Å². The molecule has 0 saturated heterocycles. The smallest absolute Gasteiger partial charge is 0.428 e. The number of rotatable bonds is 18. The molecule has 0 atom stereocenters. The lowest BCUT2D eigenvalue weighted by atomic mass is 9.61. The summed E-state index contributed by atoms with van der Waals surface area (Å²) in [5, 5.41) is 2.15. The molecule has 0 amide bonds. The first kappa shape index (κ1) is 58.2. The van der Waals surface area contributed by atoms with Crippen LogP contribution in [0.2, 0.25) is 0 Å². The third kappa shape index (κ3) is 15.5. The minimum atomic E-state index is -1.47. The summed E-state index contributed by atoms with van der Waals surface area (Å²) in [5.41, 5.74) is 14.1. The van der Waals surface area contributed by atoms with Gasteiger partial charge in [-0.2, -0.15) is 14.4 Å². The third-order valence-corrected chi connectivity index (χ3v) is 20.3.